The van der Waals surface area contributed by atoms with Gasteiger partial charge in [-0.3, -0.25) is 0 Å². The maximum atomic E-state index is 6.19. The normalized spacial score (nSPS) is 21.1. The summed E-state index contributed by atoms with van der Waals surface area (Å²) in [5.41, 5.74) is 6.19. The van der Waals surface area contributed by atoms with Crippen LogP contribution >= 0.6 is 0 Å². The van der Waals surface area contributed by atoms with Crippen LogP contribution in [0.5, 0.6) is 0 Å². The quantitative estimate of drug-likeness (QED) is 0.414. The van der Waals surface area contributed by atoms with E-state index >= 15 is 0 Å². The Morgan fingerprint density at radius 1 is 1.21 bits per heavy atom. The molecule has 1 rings (SSSR count). The van der Waals surface area contributed by atoms with E-state index in [1.165, 1.54) is 38.5 Å². The summed E-state index contributed by atoms with van der Waals surface area (Å²) in [4.78, 5) is 0. The van der Waals surface area contributed by atoms with Gasteiger partial charge in [-0.15, -0.1) is 12.3 Å². The lowest BCUT2D eigenvalue weighted by Crippen LogP contribution is -2.29. The zero-order valence-corrected chi connectivity index (χ0v) is 9.17. The van der Waals surface area contributed by atoms with Crippen molar-refractivity contribution < 1.29 is 0 Å². The van der Waals surface area contributed by atoms with Crippen molar-refractivity contribution in [2.45, 2.75) is 63.8 Å². The van der Waals surface area contributed by atoms with Gasteiger partial charge in [0.15, 0.2) is 0 Å². The molecule has 1 atom stereocenters. The fourth-order valence-corrected chi connectivity index (χ4v) is 2.41. The minimum atomic E-state index is 0.404. The monoisotopic (exact) mass is 193 g/mol. The lowest BCUT2D eigenvalue weighted by molar-refractivity contribution is 0.354. The van der Waals surface area contributed by atoms with E-state index in [4.69, 9.17) is 12.2 Å². The molecule has 0 aromatic rings. The molecule has 0 bridgehead atoms. The van der Waals surface area contributed by atoms with Crippen LogP contribution in [0.25, 0.3) is 0 Å². The third-order valence-corrected chi connectivity index (χ3v) is 3.36. The summed E-state index contributed by atoms with van der Waals surface area (Å²) in [6.45, 7) is 0. The second-order valence-electron chi connectivity index (χ2n) is 4.51. The minimum Gasteiger partial charge on any atom is -0.327 e. The molecular formula is C13H23N. The summed E-state index contributed by atoms with van der Waals surface area (Å²) in [6, 6.07) is 0.404. The van der Waals surface area contributed by atoms with Crippen molar-refractivity contribution in [2.24, 2.45) is 11.7 Å². The zero-order valence-electron chi connectivity index (χ0n) is 9.17. The van der Waals surface area contributed by atoms with Gasteiger partial charge >= 0.3 is 0 Å². The maximum absolute atomic E-state index is 6.19. The van der Waals surface area contributed by atoms with Crippen molar-refractivity contribution in [3.63, 3.8) is 0 Å². The Hall–Kier alpha value is -0.480. The third-order valence-electron chi connectivity index (χ3n) is 3.36. The summed E-state index contributed by atoms with van der Waals surface area (Å²) in [5, 5.41) is 0. The zero-order chi connectivity index (χ0) is 10.2. The van der Waals surface area contributed by atoms with Gasteiger partial charge in [0.1, 0.15) is 0 Å². The van der Waals surface area contributed by atoms with E-state index in [0.717, 1.165) is 25.2 Å². The Balaban J connectivity index is 2.20. The van der Waals surface area contributed by atoms with E-state index in [1.54, 1.807) is 0 Å². The maximum Gasteiger partial charge on any atom is 0.00866 e. The van der Waals surface area contributed by atoms with Crippen LogP contribution < -0.4 is 5.73 Å². The topological polar surface area (TPSA) is 26.0 Å². The number of terminal acetylenes is 1. The molecule has 0 radical (unpaired) electrons. The lowest BCUT2D eigenvalue weighted by atomic mass is 9.89. The Bertz CT molecular complexity index is 172. The molecule has 0 saturated heterocycles. The molecule has 1 fully saturated rings. The van der Waals surface area contributed by atoms with Crippen molar-refractivity contribution in [3.05, 3.63) is 0 Å². The number of hydrogen-bond acceptors (Lipinski definition) is 1. The van der Waals surface area contributed by atoms with E-state index in [2.05, 4.69) is 5.92 Å². The Kier molecular flexibility index (Phi) is 5.71. The molecule has 1 aliphatic carbocycles. The Morgan fingerprint density at radius 2 is 1.86 bits per heavy atom. The highest BCUT2D eigenvalue weighted by molar-refractivity contribution is 4.84. The highest BCUT2D eigenvalue weighted by atomic mass is 14.6. The van der Waals surface area contributed by atoms with Crippen molar-refractivity contribution in [2.75, 3.05) is 0 Å². The van der Waals surface area contributed by atoms with Crippen molar-refractivity contribution in [1.82, 2.24) is 0 Å². The van der Waals surface area contributed by atoms with Gasteiger partial charge in [0.05, 0.1) is 0 Å². The lowest BCUT2D eigenvalue weighted by Gasteiger charge is -2.21. The van der Waals surface area contributed by atoms with Crippen LogP contribution in [0.4, 0.5) is 0 Å². The summed E-state index contributed by atoms with van der Waals surface area (Å²) in [5.74, 6) is 3.46. The first-order chi connectivity index (χ1) is 6.84. The summed E-state index contributed by atoms with van der Waals surface area (Å²) in [6.07, 6.45) is 16.6. The Labute approximate surface area is 88.5 Å². The van der Waals surface area contributed by atoms with Gasteiger partial charge in [-0.25, -0.2) is 0 Å². The van der Waals surface area contributed by atoms with E-state index < -0.39 is 0 Å². The summed E-state index contributed by atoms with van der Waals surface area (Å²) >= 11 is 0. The molecule has 0 aliphatic heterocycles. The number of nitrogens with two attached hydrogens (primary N) is 1. The molecule has 1 aliphatic rings. The molecule has 1 unspecified atom stereocenters. The predicted octanol–water partition coefficient (Wildman–Crippen LogP) is 3.09. The summed E-state index contributed by atoms with van der Waals surface area (Å²) in [7, 11) is 0. The first-order valence-electron chi connectivity index (χ1n) is 6.03. The average Bonchev–Trinajstić information content (AvgIpc) is 2.46. The second kappa shape index (κ2) is 6.90. The second-order valence-corrected chi connectivity index (χ2v) is 4.51. The van der Waals surface area contributed by atoms with E-state index in [-0.39, 0.29) is 0 Å². The standard InChI is InChI=1S/C13H23N/c1-2-3-6-11-13(14)12-9-7-4-5-8-10-12/h1,12-13H,3-11,14H2. The average molecular weight is 193 g/mol. The van der Waals surface area contributed by atoms with Crippen LogP contribution in [-0.2, 0) is 0 Å². The van der Waals surface area contributed by atoms with Crippen LogP contribution in [0.2, 0.25) is 0 Å². The van der Waals surface area contributed by atoms with Gasteiger partial charge in [-0.1, -0.05) is 25.7 Å². The molecule has 14 heavy (non-hydrogen) atoms. The molecule has 1 nitrogen and oxygen atoms in total. The van der Waals surface area contributed by atoms with Crippen molar-refractivity contribution >= 4 is 0 Å². The smallest absolute Gasteiger partial charge is 0.00866 e. The highest BCUT2D eigenvalue weighted by Crippen LogP contribution is 2.26. The SMILES string of the molecule is C#CCCCC(N)C1CCCCCC1. The van der Waals surface area contributed by atoms with Gasteiger partial charge in [0.25, 0.3) is 0 Å². The first kappa shape index (κ1) is 11.6. The van der Waals surface area contributed by atoms with E-state index in [1.807, 2.05) is 0 Å². The number of hydrogen-bond donors (Lipinski definition) is 1. The van der Waals surface area contributed by atoms with Crippen LogP contribution in [0.3, 0.4) is 0 Å². The van der Waals surface area contributed by atoms with Gasteiger partial charge in [0, 0.05) is 12.5 Å². The molecule has 1 heteroatoms. The summed E-state index contributed by atoms with van der Waals surface area (Å²) < 4.78 is 0. The number of unbranched alkanes of at least 4 members (excludes halogenated alkanes) is 1. The fraction of sp³-hybridized carbons (Fsp3) is 0.846. The van der Waals surface area contributed by atoms with Gasteiger partial charge in [-0.05, 0) is 31.6 Å². The molecule has 0 heterocycles. The molecule has 0 amide bonds. The number of rotatable bonds is 4. The van der Waals surface area contributed by atoms with Gasteiger partial charge in [0.2, 0.25) is 0 Å². The largest absolute Gasteiger partial charge is 0.327 e. The molecular weight excluding hydrogens is 170 g/mol. The van der Waals surface area contributed by atoms with Crippen LogP contribution in [0.1, 0.15) is 57.8 Å². The molecule has 0 spiro atoms. The highest BCUT2D eigenvalue weighted by Gasteiger charge is 2.18. The van der Waals surface area contributed by atoms with Crippen molar-refractivity contribution in [3.8, 4) is 12.3 Å². The minimum absolute atomic E-state index is 0.404. The van der Waals surface area contributed by atoms with Crippen LogP contribution in [0, 0.1) is 18.3 Å². The molecule has 80 valence electrons. The van der Waals surface area contributed by atoms with E-state index in [0.29, 0.717) is 6.04 Å². The molecule has 2 N–H and O–H groups in total. The molecule has 1 saturated carbocycles. The third kappa shape index (κ3) is 4.15. The fourth-order valence-electron chi connectivity index (χ4n) is 2.41. The Morgan fingerprint density at radius 3 is 2.43 bits per heavy atom. The van der Waals surface area contributed by atoms with E-state index in [9.17, 15) is 0 Å². The molecule has 0 aromatic heterocycles. The van der Waals surface area contributed by atoms with Crippen LogP contribution in [0.15, 0.2) is 0 Å². The van der Waals surface area contributed by atoms with Gasteiger partial charge in [-0.2, -0.15) is 0 Å². The first-order valence-corrected chi connectivity index (χ1v) is 6.03. The molecule has 0 aromatic carbocycles. The van der Waals surface area contributed by atoms with Gasteiger partial charge < -0.3 is 5.73 Å². The van der Waals surface area contributed by atoms with Crippen LogP contribution in [-0.4, -0.2) is 6.04 Å². The van der Waals surface area contributed by atoms with Crippen molar-refractivity contribution in [1.29, 1.82) is 0 Å². The predicted molar refractivity (Wildman–Crippen MR) is 61.9 cm³/mol.